The van der Waals surface area contributed by atoms with Crippen LogP contribution < -0.4 is 56.3 Å². The number of hydrogen-bond donors (Lipinski definition) is 0. The second-order valence-corrected chi connectivity index (χ2v) is 8.59. The molecule has 0 N–H and O–H groups in total. The first-order chi connectivity index (χ1) is 12.6. The number of rotatable bonds is 20. The smallest absolute Gasteiger partial charge is 0.756 e. The van der Waals surface area contributed by atoms with Crippen LogP contribution in [0.15, 0.2) is 12.7 Å². The minimum Gasteiger partial charge on any atom is -0.756 e. The quantitative estimate of drug-likeness (QED) is 0.128. The van der Waals surface area contributed by atoms with Crippen molar-refractivity contribution in [2.75, 3.05) is 6.61 Å². The Labute approximate surface area is 211 Å². The summed E-state index contributed by atoms with van der Waals surface area (Å²) in [6.45, 7) is 7.88. The van der Waals surface area contributed by atoms with Gasteiger partial charge >= 0.3 is 51.4 Å². The monoisotopic (exact) mass is 428 g/mol. The molecule has 0 rings (SSSR count). The molecule has 0 aromatic heterocycles. The van der Waals surface area contributed by atoms with E-state index in [4.69, 9.17) is 9.05 Å². The van der Waals surface area contributed by atoms with Crippen LogP contribution in [0.3, 0.4) is 0 Å². The van der Waals surface area contributed by atoms with Gasteiger partial charge in [-0.1, -0.05) is 103 Å². The minimum absolute atomic E-state index is 0. The molecule has 2 unspecified atom stereocenters. The second kappa shape index (κ2) is 22.2. The van der Waals surface area contributed by atoms with E-state index < -0.39 is 7.82 Å². The molecule has 0 saturated heterocycles. The van der Waals surface area contributed by atoms with Crippen molar-refractivity contribution in [1.29, 1.82) is 0 Å². The van der Waals surface area contributed by atoms with Crippen LogP contribution in [0, 0.1) is 0 Å². The molecule has 4 nitrogen and oxygen atoms in total. The van der Waals surface area contributed by atoms with Crippen LogP contribution in [0.25, 0.3) is 0 Å². The van der Waals surface area contributed by atoms with Gasteiger partial charge in [-0.05, 0) is 12.8 Å². The molecule has 0 heterocycles. The molecule has 156 valence electrons. The summed E-state index contributed by atoms with van der Waals surface area (Å²) < 4.78 is 22.1. The van der Waals surface area contributed by atoms with E-state index in [0.29, 0.717) is 0 Å². The Morgan fingerprint density at radius 1 is 0.852 bits per heavy atom. The molecule has 0 spiro atoms. The number of hydrogen-bond acceptors (Lipinski definition) is 4. The van der Waals surface area contributed by atoms with Gasteiger partial charge in [0.15, 0.2) is 0 Å². The first-order valence-electron chi connectivity index (χ1n) is 10.8. The largest absolute Gasteiger partial charge is 1.00 e. The molecule has 0 radical (unpaired) electrons. The van der Waals surface area contributed by atoms with Crippen LogP contribution in [0.2, 0.25) is 0 Å². The van der Waals surface area contributed by atoms with Crippen molar-refractivity contribution in [3.8, 4) is 0 Å². The average molecular weight is 429 g/mol. The molecule has 0 aliphatic rings. The van der Waals surface area contributed by atoms with Gasteiger partial charge in [-0.3, -0.25) is 4.57 Å². The Bertz CT molecular complexity index is 366. The topological polar surface area (TPSA) is 58.6 Å². The molecule has 0 aliphatic carbocycles. The van der Waals surface area contributed by atoms with Crippen molar-refractivity contribution in [2.24, 2.45) is 0 Å². The predicted octanol–water partition coefficient (Wildman–Crippen LogP) is 3.94. The Morgan fingerprint density at radius 2 is 1.26 bits per heavy atom. The fraction of sp³-hybridized carbons (Fsp3) is 0.905. The van der Waals surface area contributed by atoms with Crippen LogP contribution in [0.4, 0.5) is 0 Å². The minimum atomic E-state index is -4.22. The third-order valence-corrected chi connectivity index (χ3v) is 5.66. The van der Waals surface area contributed by atoms with Gasteiger partial charge in [0.05, 0.1) is 12.7 Å². The van der Waals surface area contributed by atoms with Crippen LogP contribution in [-0.4, -0.2) is 12.7 Å². The molecular formula is C21H42KO4P. The standard InChI is InChI=1S/C21H43O4P.K/c1-4-7-9-11-13-15-17-19-21(18-16-14-12-10-8-5-2)25-26(22,23)24-20-6-3;/h6,21H,3-5,7-20H2,1-2H3,(H,22,23);/q;+1/p-1. The van der Waals surface area contributed by atoms with E-state index in [9.17, 15) is 9.46 Å². The zero-order valence-corrected chi connectivity index (χ0v) is 22.3. The zero-order valence-electron chi connectivity index (χ0n) is 18.3. The summed E-state index contributed by atoms with van der Waals surface area (Å²) in [6.07, 6.45) is 18.5. The van der Waals surface area contributed by atoms with Crippen molar-refractivity contribution >= 4 is 7.82 Å². The Balaban J connectivity index is 0. The van der Waals surface area contributed by atoms with E-state index in [1.54, 1.807) is 0 Å². The summed E-state index contributed by atoms with van der Waals surface area (Å²) in [6, 6.07) is 0. The van der Waals surface area contributed by atoms with Gasteiger partial charge in [-0.25, -0.2) is 0 Å². The van der Waals surface area contributed by atoms with E-state index >= 15 is 0 Å². The molecule has 0 fully saturated rings. The van der Waals surface area contributed by atoms with Gasteiger partial charge in [0.1, 0.15) is 0 Å². The fourth-order valence-electron chi connectivity index (χ4n) is 3.09. The van der Waals surface area contributed by atoms with Crippen molar-refractivity contribution in [2.45, 2.75) is 116 Å². The Hall–Kier alpha value is 1.49. The van der Waals surface area contributed by atoms with Gasteiger partial charge in [0.2, 0.25) is 0 Å². The van der Waals surface area contributed by atoms with Gasteiger partial charge in [0, 0.05) is 0 Å². The zero-order chi connectivity index (χ0) is 19.5. The van der Waals surface area contributed by atoms with Gasteiger partial charge in [0.25, 0.3) is 7.82 Å². The van der Waals surface area contributed by atoms with E-state index in [1.165, 1.54) is 63.9 Å². The van der Waals surface area contributed by atoms with Crippen molar-refractivity contribution < 1.29 is 69.9 Å². The van der Waals surface area contributed by atoms with Crippen LogP contribution >= 0.6 is 7.82 Å². The number of phosphoric ester groups is 1. The van der Waals surface area contributed by atoms with Crippen molar-refractivity contribution in [1.82, 2.24) is 0 Å². The summed E-state index contributed by atoms with van der Waals surface area (Å²) >= 11 is 0. The molecule has 0 aromatic carbocycles. The first kappa shape index (κ1) is 30.7. The SMILES string of the molecule is C=CCOP(=O)([O-])OC(CCCCCCCC)CCCCCCCCC.[K+]. The molecule has 0 aliphatic heterocycles. The number of unbranched alkanes of at least 4 members (excludes halogenated alkanes) is 11. The Morgan fingerprint density at radius 3 is 1.67 bits per heavy atom. The molecule has 27 heavy (non-hydrogen) atoms. The molecule has 0 aromatic rings. The Kier molecular flexibility index (Phi) is 25.2. The maximum Gasteiger partial charge on any atom is 1.00 e. The third-order valence-electron chi connectivity index (χ3n) is 4.64. The summed E-state index contributed by atoms with van der Waals surface area (Å²) in [5.41, 5.74) is 0. The normalized spacial score (nSPS) is 14.3. The molecule has 6 heteroatoms. The summed E-state index contributed by atoms with van der Waals surface area (Å²) in [7, 11) is -4.22. The predicted molar refractivity (Wildman–Crippen MR) is 109 cm³/mol. The molecule has 0 bridgehead atoms. The van der Waals surface area contributed by atoms with Gasteiger partial charge < -0.3 is 13.9 Å². The average Bonchev–Trinajstić information content (AvgIpc) is 2.61. The van der Waals surface area contributed by atoms with Gasteiger partial charge in [-0.15, -0.1) is 6.58 Å². The van der Waals surface area contributed by atoms with Crippen LogP contribution in [0.5, 0.6) is 0 Å². The maximum atomic E-state index is 11.9. The summed E-state index contributed by atoms with van der Waals surface area (Å²) in [5.74, 6) is 0. The molecular weight excluding hydrogens is 386 g/mol. The number of phosphoric acid groups is 1. The van der Waals surface area contributed by atoms with E-state index in [0.717, 1.165) is 38.5 Å². The first-order valence-corrected chi connectivity index (χ1v) is 12.3. The molecule has 0 amide bonds. The van der Waals surface area contributed by atoms with Crippen molar-refractivity contribution in [3.05, 3.63) is 12.7 Å². The fourth-order valence-corrected chi connectivity index (χ4v) is 4.01. The maximum absolute atomic E-state index is 11.9. The van der Waals surface area contributed by atoms with E-state index in [1.807, 2.05) is 0 Å². The third kappa shape index (κ3) is 22.0. The van der Waals surface area contributed by atoms with E-state index in [-0.39, 0.29) is 64.1 Å². The summed E-state index contributed by atoms with van der Waals surface area (Å²) in [4.78, 5) is 11.9. The second-order valence-electron chi connectivity index (χ2n) is 7.23. The summed E-state index contributed by atoms with van der Waals surface area (Å²) in [5, 5.41) is 0. The van der Waals surface area contributed by atoms with Crippen LogP contribution in [0.1, 0.15) is 110 Å². The molecule has 2 atom stereocenters. The van der Waals surface area contributed by atoms with E-state index in [2.05, 4.69) is 20.4 Å². The van der Waals surface area contributed by atoms with Gasteiger partial charge in [-0.2, -0.15) is 0 Å². The molecule has 0 saturated carbocycles. The van der Waals surface area contributed by atoms with Crippen molar-refractivity contribution in [3.63, 3.8) is 0 Å². The van der Waals surface area contributed by atoms with Crippen LogP contribution in [-0.2, 0) is 13.6 Å².